The van der Waals surface area contributed by atoms with Gasteiger partial charge in [0.25, 0.3) is 0 Å². The fraction of sp³-hybridized carbons (Fsp3) is 0.579. The van der Waals surface area contributed by atoms with Gasteiger partial charge in [-0.3, -0.25) is 0 Å². The Morgan fingerprint density at radius 3 is 2.86 bits per heavy atom. The Morgan fingerprint density at radius 1 is 1.38 bits per heavy atom. The molecule has 2 aliphatic carbocycles. The third-order valence-corrected chi connectivity index (χ3v) is 5.83. The first kappa shape index (κ1) is 14.6. The molecule has 1 N–H and O–H groups in total. The molecule has 1 unspecified atom stereocenters. The zero-order chi connectivity index (χ0) is 15.0. The monoisotopic (exact) mass is 285 g/mol. The van der Waals surface area contributed by atoms with E-state index in [-0.39, 0.29) is 5.41 Å². The lowest BCUT2D eigenvalue weighted by atomic mass is 9.55. The van der Waals surface area contributed by atoms with Gasteiger partial charge in [-0.1, -0.05) is 25.1 Å². The van der Waals surface area contributed by atoms with E-state index in [1.54, 1.807) is 12.7 Å². The topological polar surface area (TPSA) is 21.3 Å². The molecule has 0 aromatic heterocycles. The molecule has 3 rings (SSSR count). The Labute approximate surface area is 128 Å². The highest BCUT2D eigenvalue weighted by Crippen LogP contribution is 2.52. The van der Waals surface area contributed by atoms with Crippen molar-refractivity contribution >= 4 is 0 Å². The van der Waals surface area contributed by atoms with E-state index >= 15 is 0 Å². The quantitative estimate of drug-likeness (QED) is 0.854. The Hall–Kier alpha value is -1.28. The molecule has 0 aliphatic heterocycles. The van der Waals surface area contributed by atoms with Crippen LogP contribution in [-0.2, 0) is 11.8 Å². The molecule has 1 aromatic rings. The third kappa shape index (κ3) is 2.03. The van der Waals surface area contributed by atoms with Crippen LogP contribution in [0.25, 0.3) is 0 Å². The van der Waals surface area contributed by atoms with Crippen LogP contribution >= 0.6 is 0 Å². The van der Waals surface area contributed by atoms with Crippen LogP contribution in [-0.4, -0.2) is 20.2 Å². The van der Waals surface area contributed by atoms with E-state index in [9.17, 15) is 0 Å². The Balaban J connectivity index is 2.24. The first-order valence-electron chi connectivity index (χ1n) is 8.18. The van der Waals surface area contributed by atoms with Gasteiger partial charge in [-0.2, -0.15) is 0 Å². The SMILES string of the molecule is CCC12CCC=C[C@H]1[C@H](NC)Cc1ccc(OC)c(C)c12. The molecule has 114 valence electrons. The molecule has 0 bridgehead atoms. The standard InChI is InChI=1S/C19H27NO/c1-5-19-11-7-6-8-15(19)16(20-3)12-14-9-10-17(21-4)13(2)18(14)19/h6,8-10,15-16,20H,5,7,11-12H2,1-4H3/t15-,16+,19?/m0/s1. The van der Waals surface area contributed by atoms with Gasteiger partial charge in [-0.15, -0.1) is 0 Å². The van der Waals surface area contributed by atoms with Gasteiger partial charge in [-0.05, 0) is 62.4 Å². The number of fused-ring (bicyclic) bond motifs is 3. The van der Waals surface area contributed by atoms with Gasteiger partial charge >= 0.3 is 0 Å². The molecular formula is C19H27NO. The highest BCUT2D eigenvalue weighted by molar-refractivity contribution is 5.52. The molecule has 0 fully saturated rings. The van der Waals surface area contributed by atoms with Crippen molar-refractivity contribution in [2.24, 2.45) is 5.92 Å². The van der Waals surface area contributed by atoms with Gasteiger partial charge in [-0.25, -0.2) is 0 Å². The van der Waals surface area contributed by atoms with Crippen molar-refractivity contribution in [3.63, 3.8) is 0 Å². The molecule has 0 heterocycles. The second-order valence-corrected chi connectivity index (χ2v) is 6.53. The highest BCUT2D eigenvalue weighted by atomic mass is 16.5. The van der Waals surface area contributed by atoms with E-state index < -0.39 is 0 Å². The van der Waals surface area contributed by atoms with E-state index in [1.165, 1.54) is 30.4 Å². The summed E-state index contributed by atoms with van der Waals surface area (Å²) in [6, 6.07) is 4.97. The lowest BCUT2D eigenvalue weighted by Crippen LogP contribution is -2.52. The minimum Gasteiger partial charge on any atom is -0.496 e. The number of likely N-dealkylation sites (N-methyl/N-ethyl adjacent to an activating group) is 1. The maximum Gasteiger partial charge on any atom is 0.122 e. The van der Waals surface area contributed by atoms with Crippen LogP contribution in [0.15, 0.2) is 24.3 Å². The van der Waals surface area contributed by atoms with Crippen molar-refractivity contribution in [3.05, 3.63) is 41.0 Å². The number of allylic oxidation sites excluding steroid dienone is 1. The van der Waals surface area contributed by atoms with Gasteiger partial charge in [0, 0.05) is 17.4 Å². The van der Waals surface area contributed by atoms with Crippen molar-refractivity contribution < 1.29 is 4.74 Å². The van der Waals surface area contributed by atoms with Crippen LogP contribution in [0.3, 0.4) is 0 Å². The average molecular weight is 285 g/mol. The normalized spacial score (nSPS) is 30.7. The predicted octanol–water partition coefficient (Wildman–Crippen LogP) is 3.76. The van der Waals surface area contributed by atoms with E-state index in [2.05, 4.69) is 50.5 Å². The first-order chi connectivity index (χ1) is 10.2. The second-order valence-electron chi connectivity index (χ2n) is 6.53. The molecule has 2 heteroatoms. The minimum atomic E-state index is 0.272. The molecule has 1 aromatic carbocycles. The summed E-state index contributed by atoms with van der Waals surface area (Å²) in [5.74, 6) is 1.64. The molecule has 0 amide bonds. The summed E-state index contributed by atoms with van der Waals surface area (Å²) >= 11 is 0. The van der Waals surface area contributed by atoms with Gasteiger partial charge in [0.1, 0.15) is 5.75 Å². The van der Waals surface area contributed by atoms with Crippen molar-refractivity contribution in [1.82, 2.24) is 5.32 Å². The molecule has 2 aliphatic rings. The number of hydrogen-bond donors (Lipinski definition) is 1. The van der Waals surface area contributed by atoms with Gasteiger partial charge in [0.2, 0.25) is 0 Å². The van der Waals surface area contributed by atoms with Crippen LogP contribution in [0.4, 0.5) is 0 Å². The largest absolute Gasteiger partial charge is 0.496 e. The zero-order valence-corrected chi connectivity index (χ0v) is 13.7. The molecule has 0 saturated carbocycles. The van der Waals surface area contributed by atoms with E-state index in [0.717, 1.165) is 12.2 Å². The summed E-state index contributed by atoms with van der Waals surface area (Å²) in [5, 5.41) is 3.57. The lowest BCUT2D eigenvalue weighted by molar-refractivity contribution is 0.199. The second kappa shape index (κ2) is 5.49. The van der Waals surface area contributed by atoms with Crippen molar-refractivity contribution in [1.29, 1.82) is 0 Å². The van der Waals surface area contributed by atoms with Crippen LogP contribution in [0.1, 0.15) is 42.9 Å². The molecule has 0 saturated heterocycles. The van der Waals surface area contributed by atoms with E-state index in [4.69, 9.17) is 4.74 Å². The number of benzene rings is 1. The number of nitrogens with one attached hydrogen (secondary N) is 1. The fourth-order valence-electron chi connectivity index (χ4n) is 4.81. The molecule has 0 radical (unpaired) electrons. The van der Waals surface area contributed by atoms with Crippen molar-refractivity contribution in [3.8, 4) is 5.75 Å². The predicted molar refractivity (Wildman–Crippen MR) is 88.1 cm³/mol. The Morgan fingerprint density at radius 2 is 2.19 bits per heavy atom. The summed E-state index contributed by atoms with van der Waals surface area (Å²) in [7, 11) is 3.89. The molecular weight excluding hydrogens is 258 g/mol. The maximum absolute atomic E-state index is 5.60. The smallest absolute Gasteiger partial charge is 0.122 e. The van der Waals surface area contributed by atoms with Gasteiger partial charge in [0.05, 0.1) is 7.11 Å². The maximum atomic E-state index is 5.60. The summed E-state index contributed by atoms with van der Waals surface area (Å²) in [5.41, 5.74) is 4.72. The zero-order valence-electron chi connectivity index (χ0n) is 13.7. The van der Waals surface area contributed by atoms with Crippen LogP contribution < -0.4 is 10.1 Å². The van der Waals surface area contributed by atoms with Crippen LogP contribution in [0.2, 0.25) is 0 Å². The Bertz CT molecular complexity index is 563. The molecule has 0 spiro atoms. The van der Waals surface area contributed by atoms with E-state index in [1.807, 2.05) is 0 Å². The summed E-state index contributed by atoms with van der Waals surface area (Å²) in [6.07, 6.45) is 9.61. The van der Waals surface area contributed by atoms with Gasteiger partial charge in [0.15, 0.2) is 0 Å². The van der Waals surface area contributed by atoms with Crippen LogP contribution in [0.5, 0.6) is 5.75 Å². The lowest BCUT2D eigenvalue weighted by Gasteiger charge is -2.50. The highest BCUT2D eigenvalue weighted by Gasteiger charge is 2.47. The molecule has 3 atom stereocenters. The van der Waals surface area contributed by atoms with E-state index in [0.29, 0.717) is 12.0 Å². The number of hydrogen-bond acceptors (Lipinski definition) is 2. The summed E-state index contributed by atoms with van der Waals surface area (Å²) < 4.78 is 5.60. The molecule has 21 heavy (non-hydrogen) atoms. The first-order valence-corrected chi connectivity index (χ1v) is 8.18. The summed E-state index contributed by atoms with van der Waals surface area (Å²) in [6.45, 7) is 4.59. The minimum absolute atomic E-state index is 0.272. The van der Waals surface area contributed by atoms with Crippen molar-refractivity contribution in [2.75, 3.05) is 14.2 Å². The molecule has 2 nitrogen and oxygen atoms in total. The van der Waals surface area contributed by atoms with Crippen molar-refractivity contribution in [2.45, 2.75) is 51.0 Å². The number of ether oxygens (including phenoxy) is 1. The number of rotatable bonds is 3. The van der Waals surface area contributed by atoms with Gasteiger partial charge < -0.3 is 10.1 Å². The summed E-state index contributed by atoms with van der Waals surface area (Å²) in [4.78, 5) is 0. The number of methoxy groups -OCH3 is 1. The third-order valence-electron chi connectivity index (χ3n) is 5.83. The van der Waals surface area contributed by atoms with Crippen LogP contribution in [0, 0.1) is 12.8 Å². The Kier molecular flexibility index (Phi) is 3.83. The fourth-order valence-corrected chi connectivity index (χ4v) is 4.81. The average Bonchev–Trinajstić information content (AvgIpc) is 2.53.